The summed E-state index contributed by atoms with van der Waals surface area (Å²) in [6, 6.07) is 7.37. The first kappa shape index (κ1) is 24.1. The minimum atomic E-state index is -4.82. The average molecular weight is 524 g/mol. The maximum absolute atomic E-state index is 14.5. The number of halogens is 7. The van der Waals surface area contributed by atoms with Crippen LogP contribution in [0.25, 0.3) is 0 Å². The molecule has 4 nitrogen and oxygen atoms in total. The Morgan fingerprint density at radius 3 is 2.22 bits per heavy atom. The van der Waals surface area contributed by atoms with Crippen molar-refractivity contribution in [3.8, 4) is 0 Å². The molecule has 0 unspecified atom stereocenters. The van der Waals surface area contributed by atoms with E-state index in [1.165, 1.54) is 12.1 Å². The predicted molar refractivity (Wildman–Crippen MR) is 106 cm³/mol. The number of alkyl halides is 5. The molecule has 1 aliphatic carbocycles. The van der Waals surface area contributed by atoms with E-state index in [1.54, 1.807) is 12.1 Å². The van der Waals surface area contributed by atoms with Crippen molar-refractivity contribution < 1.29 is 41.0 Å². The van der Waals surface area contributed by atoms with Gasteiger partial charge in [-0.3, -0.25) is 9.59 Å². The van der Waals surface area contributed by atoms with E-state index in [9.17, 15) is 41.0 Å². The van der Waals surface area contributed by atoms with Crippen molar-refractivity contribution in [1.29, 1.82) is 0 Å². The Morgan fingerprint density at radius 1 is 1.06 bits per heavy atom. The number of hydrogen-bond acceptors (Lipinski definition) is 2. The van der Waals surface area contributed by atoms with Gasteiger partial charge in [-0.05, 0) is 35.9 Å². The van der Waals surface area contributed by atoms with Gasteiger partial charge in [0.2, 0.25) is 11.8 Å². The molecular formula is C21H16BrF6NO3. The van der Waals surface area contributed by atoms with E-state index in [1.807, 2.05) is 5.32 Å². The van der Waals surface area contributed by atoms with Crippen LogP contribution in [0.2, 0.25) is 0 Å². The van der Waals surface area contributed by atoms with Crippen LogP contribution >= 0.6 is 15.9 Å². The Balaban J connectivity index is 1.92. The Morgan fingerprint density at radius 2 is 1.69 bits per heavy atom. The number of rotatable bonds is 4. The molecule has 0 saturated heterocycles. The normalized spacial score (nSPS) is 22.9. The van der Waals surface area contributed by atoms with Crippen molar-refractivity contribution in [2.75, 3.05) is 5.32 Å². The second-order valence-electron chi connectivity index (χ2n) is 7.57. The molecule has 32 heavy (non-hydrogen) atoms. The summed E-state index contributed by atoms with van der Waals surface area (Å²) in [4.78, 5) is 24.7. The summed E-state index contributed by atoms with van der Waals surface area (Å²) in [7, 11) is 0. The zero-order chi connectivity index (χ0) is 23.8. The number of benzene rings is 2. The van der Waals surface area contributed by atoms with Crippen LogP contribution in [0.15, 0.2) is 46.9 Å². The predicted octanol–water partition coefficient (Wildman–Crippen LogP) is 6.08. The summed E-state index contributed by atoms with van der Waals surface area (Å²) >= 11 is 3.20. The number of carbonyl (C=O) groups excluding carboxylic acids is 1. The number of carboxylic acid groups (broad SMARTS) is 1. The smallest absolute Gasteiger partial charge is 0.416 e. The highest BCUT2D eigenvalue weighted by Gasteiger charge is 2.53. The molecule has 1 aliphatic rings. The van der Waals surface area contributed by atoms with E-state index in [2.05, 4.69) is 15.9 Å². The van der Waals surface area contributed by atoms with Crippen LogP contribution in [0.1, 0.15) is 29.9 Å². The summed E-state index contributed by atoms with van der Waals surface area (Å²) in [5, 5.41) is 11.7. The van der Waals surface area contributed by atoms with Crippen molar-refractivity contribution in [2.24, 2.45) is 11.8 Å². The summed E-state index contributed by atoms with van der Waals surface area (Å²) in [5.74, 6) is -12.0. The average Bonchev–Trinajstić information content (AvgIpc) is 2.67. The van der Waals surface area contributed by atoms with Gasteiger partial charge in [-0.1, -0.05) is 28.1 Å². The van der Waals surface area contributed by atoms with Crippen molar-refractivity contribution in [1.82, 2.24) is 0 Å². The lowest BCUT2D eigenvalue weighted by Crippen LogP contribution is -2.46. The van der Waals surface area contributed by atoms with Crippen LogP contribution < -0.4 is 5.32 Å². The summed E-state index contributed by atoms with van der Waals surface area (Å²) in [6.45, 7) is 0. The highest BCUT2D eigenvalue weighted by atomic mass is 79.9. The molecule has 2 aromatic carbocycles. The monoisotopic (exact) mass is 523 g/mol. The molecule has 0 bridgehead atoms. The zero-order valence-corrected chi connectivity index (χ0v) is 17.7. The van der Waals surface area contributed by atoms with Crippen molar-refractivity contribution in [3.63, 3.8) is 0 Å². The van der Waals surface area contributed by atoms with Crippen LogP contribution in [-0.4, -0.2) is 22.9 Å². The van der Waals surface area contributed by atoms with E-state index in [-0.39, 0.29) is 6.07 Å². The van der Waals surface area contributed by atoms with Crippen LogP contribution in [0.4, 0.5) is 32.0 Å². The molecule has 2 aromatic rings. The number of anilines is 1. The van der Waals surface area contributed by atoms with Crippen LogP contribution in [0, 0.1) is 17.7 Å². The van der Waals surface area contributed by atoms with E-state index < -0.39 is 71.6 Å². The number of nitrogens with one attached hydrogen (secondary N) is 1. The van der Waals surface area contributed by atoms with Crippen molar-refractivity contribution in [3.05, 3.63) is 63.9 Å². The molecular weight excluding hydrogens is 508 g/mol. The highest BCUT2D eigenvalue weighted by Crippen LogP contribution is 2.49. The molecule has 0 aromatic heterocycles. The quantitative estimate of drug-likeness (QED) is 0.477. The van der Waals surface area contributed by atoms with Gasteiger partial charge in [0, 0.05) is 23.2 Å². The Labute approximate surface area is 186 Å². The molecule has 0 spiro atoms. The molecule has 0 aliphatic heterocycles. The second kappa shape index (κ2) is 8.76. The van der Waals surface area contributed by atoms with Gasteiger partial charge in [0.05, 0.1) is 23.1 Å². The van der Waals surface area contributed by atoms with Gasteiger partial charge >= 0.3 is 12.1 Å². The molecule has 172 valence electrons. The number of carbonyl (C=O) groups is 2. The summed E-state index contributed by atoms with van der Waals surface area (Å²) in [5.41, 5.74) is -1.67. The van der Waals surface area contributed by atoms with Crippen LogP contribution in [-0.2, 0) is 15.8 Å². The lowest BCUT2D eigenvalue weighted by atomic mass is 9.67. The number of aliphatic carboxylic acids is 1. The third-order valence-corrected chi connectivity index (χ3v) is 5.91. The first-order valence-electron chi connectivity index (χ1n) is 9.32. The number of amides is 1. The lowest BCUT2D eigenvalue weighted by Gasteiger charge is -2.39. The topological polar surface area (TPSA) is 66.4 Å². The van der Waals surface area contributed by atoms with Gasteiger partial charge in [-0.15, -0.1) is 0 Å². The first-order chi connectivity index (χ1) is 14.8. The fourth-order valence-electron chi connectivity index (χ4n) is 3.91. The molecule has 3 rings (SSSR count). The standard InChI is InChI=1S/C21H16BrF6NO3/c22-12-4-1-10(2-5-12)13-8-20(24,25)9-14(17(13)19(31)32)18(30)29-16-6-3-11(7-15(16)23)21(26,27)28/h1-7,13-14,17H,8-9H2,(H,29,30)(H,31,32)/t13-,14-,17-/m1/s1. The Bertz CT molecular complexity index is 1030. The molecule has 1 amide bonds. The number of carboxylic acids is 1. The van der Waals surface area contributed by atoms with E-state index in [0.717, 1.165) is 0 Å². The highest BCUT2D eigenvalue weighted by molar-refractivity contribution is 9.10. The summed E-state index contributed by atoms with van der Waals surface area (Å²) in [6.07, 6.45) is -6.71. The van der Waals surface area contributed by atoms with Gasteiger partial charge in [-0.2, -0.15) is 13.2 Å². The fraction of sp³-hybridized carbons (Fsp3) is 0.333. The molecule has 11 heteroatoms. The van der Waals surface area contributed by atoms with Crippen molar-refractivity contribution in [2.45, 2.75) is 30.9 Å². The minimum absolute atomic E-state index is 0.157. The lowest BCUT2D eigenvalue weighted by molar-refractivity contribution is -0.157. The molecule has 2 N–H and O–H groups in total. The van der Waals surface area contributed by atoms with E-state index in [0.29, 0.717) is 22.2 Å². The van der Waals surface area contributed by atoms with E-state index >= 15 is 0 Å². The van der Waals surface area contributed by atoms with Gasteiger partial charge in [0.25, 0.3) is 0 Å². The maximum atomic E-state index is 14.5. The molecule has 1 fully saturated rings. The molecule has 0 heterocycles. The number of hydrogen-bond donors (Lipinski definition) is 2. The minimum Gasteiger partial charge on any atom is -0.481 e. The van der Waals surface area contributed by atoms with Gasteiger partial charge in [0.1, 0.15) is 5.82 Å². The van der Waals surface area contributed by atoms with E-state index in [4.69, 9.17) is 0 Å². The van der Waals surface area contributed by atoms with Crippen LogP contribution in [0.3, 0.4) is 0 Å². The Hall–Kier alpha value is -2.56. The molecule has 1 saturated carbocycles. The third-order valence-electron chi connectivity index (χ3n) is 5.38. The second-order valence-corrected chi connectivity index (χ2v) is 8.49. The fourth-order valence-corrected chi connectivity index (χ4v) is 4.18. The van der Waals surface area contributed by atoms with Gasteiger partial charge in [0.15, 0.2) is 0 Å². The molecule has 3 atom stereocenters. The maximum Gasteiger partial charge on any atom is 0.416 e. The Kier molecular flexibility index (Phi) is 6.60. The summed E-state index contributed by atoms with van der Waals surface area (Å²) < 4.78 is 81.8. The first-order valence-corrected chi connectivity index (χ1v) is 10.1. The van der Waals surface area contributed by atoms with Gasteiger partial charge < -0.3 is 10.4 Å². The molecule has 0 radical (unpaired) electrons. The van der Waals surface area contributed by atoms with Crippen LogP contribution in [0.5, 0.6) is 0 Å². The zero-order valence-electron chi connectivity index (χ0n) is 16.1. The largest absolute Gasteiger partial charge is 0.481 e. The van der Waals surface area contributed by atoms with Crippen molar-refractivity contribution >= 4 is 33.5 Å². The van der Waals surface area contributed by atoms with Gasteiger partial charge in [-0.25, -0.2) is 13.2 Å². The third kappa shape index (κ3) is 5.25. The SMILES string of the molecule is O=C(O)[C@@H]1[C@@H](c2ccc(Br)cc2)CC(F)(F)C[C@H]1C(=O)Nc1ccc(C(F)(F)F)cc1F.